The zero-order valence-corrected chi connectivity index (χ0v) is 11.6. The second kappa shape index (κ2) is 10.3. The number of hydrogen-bond acceptors (Lipinski definition) is 7. The van der Waals surface area contributed by atoms with Crippen molar-refractivity contribution in [3.63, 3.8) is 0 Å². The fourth-order valence-corrected chi connectivity index (χ4v) is 1.27. The summed E-state index contributed by atoms with van der Waals surface area (Å²) in [7, 11) is 0. The molecule has 1 N–H and O–H groups in total. The third kappa shape index (κ3) is 7.40. The van der Waals surface area contributed by atoms with Crippen LogP contribution in [0, 0.1) is 0 Å². The van der Waals surface area contributed by atoms with E-state index in [9.17, 15) is 14.4 Å². The van der Waals surface area contributed by atoms with Crippen LogP contribution in [0.3, 0.4) is 0 Å². The summed E-state index contributed by atoms with van der Waals surface area (Å²) >= 11 is 0. The molecule has 0 radical (unpaired) electrons. The molecule has 0 atom stereocenters. The number of carbonyl (C=O) groups excluding carboxylic acids is 3. The van der Waals surface area contributed by atoms with Gasteiger partial charge in [-0.05, 0) is 20.8 Å². The van der Waals surface area contributed by atoms with E-state index in [0.717, 1.165) is 0 Å². The van der Waals surface area contributed by atoms with E-state index in [1.807, 2.05) is 0 Å². The Morgan fingerprint density at radius 1 is 0.895 bits per heavy atom. The summed E-state index contributed by atoms with van der Waals surface area (Å²) in [6.45, 7) is 5.71. The number of ether oxygens (including phenoxy) is 3. The number of esters is 3. The number of hydrogen-bond donors (Lipinski definition) is 1. The smallest absolute Gasteiger partial charge is 0.334 e. The summed E-state index contributed by atoms with van der Waals surface area (Å²) in [4.78, 5) is 34.2. The van der Waals surface area contributed by atoms with Crippen LogP contribution in [-0.4, -0.2) is 50.3 Å². The fourth-order valence-electron chi connectivity index (χ4n) is 1.27. The first-order valence-corrected chi connectivity index (χ1v) is 6.29. The predicted molar refractivity (Wildman–Crippen MR) is 66.3 cm³/mol. The fraction of sp³-hybridized carbons (Fsp3) is 0.750. The van der Waals surface area contributed by atoms with Gasteiger partial charge in [-0.2, -0.15) is 0 Å². The highest BCUT2D eigenvalue weighted by atomic mass is 16.6. The van der Waals surface area contributed by atoms with Gasteiger partial charge in [0.25, 0.3) is 0 Å². The molecule has 0 rings (SSSR count). The molecule has 19 heavy (non-hydrogen) atoms. The Morgan fingerprint density at radius 3 is 1.79 bits per heavy atom. The summed E-state index contributed by atoms with van der Waals surface area (Å²) in [6, 6.07) is -1.21. The minimum atomic E-state index is -1.21. The minimum absolute atomic E-state index is 0.0587. The summed E-state index contributed by atoms with van der Waals surface area (Å²) in [6.07, 6.45) is 0.0587. The maximum atomic E-state index is 11.6. The summed E-state index contributed by atoms with van der Waals surface area (Å²) < 4.78 is 14.2. The molecular weight excluding hydrogens is 254 g/mol. The van der Waals surface area contributed by atoms with Crippen molar-refractivity contribution in [1.29, 1.82) is 0 Å². The van der Waals surface area contributed by atoms with E-state index in [1.165, 1.54) is 0 Å². The molecule has 0 spiro atoms. The Hall–Kier alpha value is -1.63. The average molecular weight is 275 g/mol. The van der Waals surface area contributed by atoms with Crippen LogP contribution in [0.2, 0.25) is 0 Å². The van der Waals surface area contributed by atoms with Crippen molar-refractivity contribution in [2.24, 2.45) is 0 Å². The topological polar surface area (TPSA) is 90.9 Å². The van der Waals surface area contributed by atoms with Gasteiger partial charge < -0.3 is 14.2 Å². The summed E-state index contributed by atoms with van der Waals surface area (Å²) in [5.74, 6) is -1.84. The highest BCUT2D eigenvalue weighted by molar-refractivity contribution is 5.99. The zero-order valence-electron chi connectivity index (χ0n) is 11.6. The zero-order chi connectivity index (χ0) is 14.7. The molecule has 110 valence electrons. The first-order valence-electron chi connectivity index (χ1n) is 6.29. The van der Waals surface area contributed by atoms with Gasteiger partial charge >= 0.3 is 17.9 Å². The molecule has 0 saturated carbocycles. The quantitative estimate of drug-likeness (QED) is 0.360. The second-order valence-electron chi connectivity index (χ2n) is 3.45. The van der Waals surface area contributed by atoms with Crippen LogP contribution in [0.1, 0.15) is 27.2 Å². The Morgan fingerprint density at radius 2 is 1.37 bits per heavy atom. The minimum Gasteiger partial charge on any atom is -0.466 e. The van der Waals surface area contributed by atoms with E-state index in [1.54, 1.807) is 20.8 Å². The van der Waals surface area contributed by atoms with E-state index >= 15 is 0 Å². The van der Waals surface area contributed by atoms with Crippen LogP contribution in [0.15, 0.2) is 0 Å². The lowest BCUT2D eigenvalue weighted by Gasteiger charge is -2.15. The Labute approximate surface area is 112 Å². The molecule has 0 aliphatic heterocycles. The van der Waals surface area contributed by atoms with Crippen molar-refractivity contribution >= 4 is 17.9 Å². The standard InChI is InChI=1S/C12H21NO6/c1-4-17-9(14)7-8-13-10(11(15)18-5-2)12(16)19-6-3/h10,13H,4-8H2,1-3H3. The van der Waals surface area contributed by atoms with Gasteiger partial charge in [0.2, 0.25) is 6.04 Å². The molecule has 0 aromatic heterocycles. The molecule has 0 saturated heterocycles. The van der Waals surface area contributed by atoms with Crippen LogP contribution in [-0.2, 0) is 28.6 Å². The largest absolute Gasteiger partial charge is 0.466 e. The van der Waals surface area contributed by atoms with Gasteiger partial charge in [-0.1, -0.05) is 0 Å². The van der Waals surface area contributed by atoms with Crippen LogP contribution in [0.5, 0.6) is 0 Å². The number of nitrogens with one attached hydrogen (secondary N) is 1. The molecule has 0 aliphatic rings. The van der Waals surface area contributed by atoms with Gasteiger partial charge in [-0.15, -0.1) is 0 Å². The lowest BCUT2D eigenvalue weighted by molar-refractivity contribution is -0.158. The second-order valence-corrected chi connectivity index (χ2v) is 3.45. The van der Waals surface area contributed by atoms with Crippen molar-refractivity contribution in [2.75, 3.05) is 26.4 Å². The van der Waals surface area contributed by atoms with E-state index in [2.05, 4.69) is 5.32 Å². The van der Waals surface area contributed by atoms with Crippen LogP contribution in [0.25, 0.3) is 0 Å². The van der Waals surface area contributed by atoms with E-state index in [0.29, 0.717) is 0 Å². The van der Waals surface area contributed by atoms with Gasteiger partial charge in [0.1, 0.15) is 0 Å². The van der Waals surface area contributed by atoms with Gasteiger partial charge in [-0.25, -0.2) is 9.59 Å². The van der Waals surface area contributed by atoms with E-state index in [4.69, 9.17) is 14.2 Å². The van der Waals surface area contributed by atoms with Gasteiger partial charge in [0.05, 0.1) is 26.2 Å². The van der Waals surface area contributed by atoms with Crippen molar-refractivity contribution < 1.29 is 28.6 Å². The van der Waals surface area contributed by atoms with Crippen molar-refractivity contribution in [3.8, 4) is 0 Å². The monoisotopic (exact) mass is 275 g/mol. The highest BCUT2D eigenvalue weighted by Crippen LogP contribution is 1.95. The predicted octanol–water partition coefficient (Wildman–Crippen LogP) is 0.0240. The van der Waals surface area contributed by atoms with Crippen molar-refractivity contribution in [3.05, 3.63) is 0 Å². The first kappa shape index (κ1) is 17.4. The average Bonchev–Trinajstić information content (AvgIpc) is 2.35. The normalized spacial score (nSPS) is 10.1. The molecular formula is C12H21NO6. The molecule has 0 aliphatic carbocycles. The molecule has 0 heterocycles. The molecule has 0 amide bonds. The van der Waals surface area contributed by atoms with Gasteiger partial charge in [-0.3, -0.25) is 10.1 Å². The van der Waals surface area contributed by atoms with E-state index in [-0.39, 0.29) is 32.8 Å². The maximum absolute atomic E-state index is 11.6. The molecule has 0 unspecified atom stereocenters. The SMILES string of the molecule is CCOC(=O)CCNC(C(=O)OCC)C(=O)OCC. The third-order valence-electron chi connectivity index (χ3n) is 2.03. The lowest BCUT2D eigenvalue weighted by Crippen LogP contribution is -2.46. The summed E-state index contributed by atoms with van der Waals surface area (Å²) in [5.41, 5.74) is 0. The van der Waals surface area contributed by atoms with Crippen molar-refractivity contribution in [2.45, 2.75) is 33.2 Å². The third-order valence-corrected chi connectivity index (χ3v) is 2.03. The van der Waals surface area contributed by atoms with E-state index < -0.39 is 23.9 Å². The van der Waals surface area contributed by atoms with Gasteiger partial charge in [0.15, 0.2) is 0 Å². The molecule has 0 aromatic carbocycles. The van der Waals surface area contributed by atoms with Crippen LogP contribution in [0.4, 0.5) is 0 Å². The van der Waals surface area contributed by atoms with Crippen LogP contribution < -0.4 is 5.32 Å². The van der Waals surface area contributed by atoms with Crippen LogP contribution >= 0.6 is 0 Å². The molecule has 7 heteroatoms. The number of rotatable bonds is 9. The lowest BCUT2D eigenvalue weighted by atomic mass is 10.3. The summed E-state index contributed by atoms with van der Waals surface area (Å²) in [5, 5.41) is 2.63. The maximum Gasteiger partial charge on any atom is 0.334 e. The molecule has 0 fully saturated rings. The van der Waals surface area contributed by atoms with Gasteiger partial charge in [0, 0.05) is 6.54 Å². The van der Waals surface area contributed by atoms with Crippen molar-refractivity contribution in [1.82, 2.24) is 5.32 Å². The first-order chi connectivity index (χ1) is 9.06. The molecule has 0 aromatic rings. The molecule has 7 nitrogen and oxygen atoms in total. The highest BCUT2D eigenvalue weighted by Gasteiger charge is 2.28. The Kier molecular flexibility index (Phi) is 9.42. The Balaban J connectivity index is 4.30. The Bertz CT molecular complexity index is 287. The number of carbonyl (C=O) groups is 3. The molecule has 0 bridgehead atoms.